The normalized spacial score (nSPS) is 26.1. The van der Waals surface area contributed by atoms with Crippen molar-refractivity contribution in [2.75, 3.05) is 7.11 Å². The van der Waals surface area contributed by atoms with Crippen LogP contribution in [-0.4, -0.2) is 19.1 Å². The fourth-order valence-electron chi connectivity index (χ4n) is 1.23. The van der Waals surface area contributed by atoms with E-state index in [1.54, 1.807) is 19.3 Å². The summed E-state index contributed by atoms with van der Waals surface area (Å²) in [5, 5.41) is 7.56. The fourth-order valence-corrected chi connectivity index (χ4v) is 1.23. The van der Waals surface area contributed by atoms with Gasteiger partial charge in [-0.05, 0) is 12.8 Å². The van der Waals surface area contributed by atoms with Crippen molar-refractivity contribution in [2.45, 2.75) is 19.3 Å². The number of nitrogens with one attached hydrogen (secondary N) is 1. The van der Waals surface area contributed by atoms with Gasteiger partial charge in [-0.3, -0.25) is 4.79 Å². The zero-order chi connectivity index (χ0) is 9.68. The van der Waals surface area contributed by atoms with Gasteiger partial charge < -0.3 is 10.1 Å². The van der Waals surface area contributed by atoms with Gasteiger partial charge in [0.25, 0.3) is 0 Å². The molecule has 0 unspecified atom stereocenters. The Balaban J connectivity index is 2.87. The molecule has 0 saturated carbocycles. The number of methoxy groups -OCH3 is 1. The molecule has 1 N–H and O–H groups in total. The Morgan fingerprint density at radius 3 is 3.00 bits per heavy atom. The van der Waals surface area contributed by atoms with Gasteiger partial charge in [-0.2, -0.15) is 0 Å². The van der Waals surface area contributed by atoms with Gasteiger partial charge in [0, 0.05) is 18.1 Å². The van der Waals surface area contributed by atoms with Gasteiger partial charge in [0.1, 0.15) is 0 Å². The molecule has 0 amide bonds. The van der Waals surface area contributed by atoms with Crippen molar-refractivity contribution in [2.24, 2.45) is 0 Å². The summed E-state index contributed by atoms with van der Waals surface area (Å²) in [6, 6.07) is 0. The molecule has 0 spiro atoms. The van der Waals surface area contributed by atoms with Gasteiger partial charge in [-0.1, -0.05) is 6.08 Å². The van der Waals surface area contributed by atoms with Crippen molar-refractivity contribution in [1.82, 2.24) is 0 Å². The van der Waals surface area contributed by atoms with E-state index >= 15 is 0 Å². The molecular weight excluding hydrogens is 166 g/mol. The van der Waals surface area contributed by atoms with E-state index in [0.717, 1.165) is 31.3 Å². The van der Waals surface area contributed by atoms with Crippen LogP contribution in [0.25, 0.3) is 0 Å². The van der Waals surface area contributed by atoms with Crippen LogP contribution in [0.4, 0.5) is 0 Å². The smallest absolute Gasteiger partial charge is 0.151 e. The first kappa shape index (κ1) is 9.71. The van der Waals surface area contributed by atoms with Crippen LogP contribution in [0.3, 0.4) is 0 Å². The molecule has 70 valence electrons. The molecule has 3 nitrogen and oxygen atoms in total. The maximum Gasteiger partial charge on any atom is 0.151 e. The first-order valence-electron chi connectivity index (χ1n) is 4.26. The van der Waals surface area contributed by atoms with Crippen molar-refractivity contribution in [3.63, 3.8) is 0 Å². The molecule has 1 aliphatic rings. The third kappa shape index (κ3) is 2.54. The van der Waals surface area contributed by atoms with Crippen LogP contribution in [0.2, 0.25) is 0 Å². The van der Waals surface area contributed by atoms with Crippen LogP contribution < -0.4 is 0 Å². The second-order valence-electron chi connectivity index (χ2n) is 2.90. The SMILES string of the molecule is CO/C1=C/C(=N)/C(C=O)=C\CCC1. The van der Waals surface area contributed by atoms with E-state index in [-0.39, 0.29) is 5.71 Å². The van der Waals surface area contributed by atoms with E-state index < -0.39 is 0 Å². The molecule has 0 aromatic rings. The maximum absolute atomic E-state index is 10.6. The molecule has 0 bridgehead atoms. The Bertz CT molecular complexity index is 277. The second kappa shape index (κ2) is 4.60. The van der Waals surface area contributed by atoms with E-state index in [0.29, 0.717) is 5.57 Å². The van der Waals surface area contributed by atoms with Crippen molar-refractivity contribution in [1.29, 1.82) is 5.41 Å². The number of aldehydes is 1. The van der Waals surface area contributed by atoms with Crippen LogP contribution in [0.15, 0.2) is 23.5 Å². The van der Waals surface area contributed by atoms with Gasteiger partial charge in [0.15, 0.2) is 6.29 Å². The maximum atomic E-state index is 10.6. The first-order chi connectivity index (χ1) is 6.27. The lowest BCUT2D eigenvalue weighted by Gasteiger charge is -2.09. The summed E-state index contributed by atoms with van der Waals surface area (Å²) >= 11 is 0. The lowest BCUT2D eigenvalue weighted by atomic mass is 10.0. The van der Waals surface area contributed by atoms with Crippen molar-refractivity contribution < 1.29 is 9.53 Å². The van der Waals surface area contributed by atoms with Crippen LogP contribution in [0.1, 0.15) is 19.3 Å². The summed E-state index contributed by atoms with van der Waals surface area (Å²) in [6.07, 6.45) is 6.76. The first-order valence-corrected chi connectivity index (χ1v) is 4.26. The van der Waals surface area contributed by atoms with Crippen LogP contribution in [0, 0.1) is 5.41 Å². The van der Waals surface area contributed by atoms with Crippen molar-refractivity contribution >= 4 is 12.0 Å². The predicted molar refractivity (Wildman–Crippen MR) is 50.8 cm³/mol. The van der Waals surface area contributed by atoms with E-state index in [4.69, 9.17) is 10.1 Å². The number of carbonyl (C=O) groups is 1. The van der Waals surface area contributed by atoms with E-state index in [1.165, 1.54) is 0 Å². The molecule has 0 saturated heterocycles. The number of hydrogen-bond acceptors (Lipinski definition) is 3. The number of ether oxygens (including phenoxy) is 1. The average Bonchev–Trinajstić information content (AvgIpc) is 2.12. The van der Waals surface area contributed by atoms with Crippen molar-refractivity contribution in [3.8, 4) is 0 Å². The van der Waals surface area contributed by atoms with Gasteiger partial charge >= 0.3 is 0 Å². The van der Waals surface area contributed by atoms with Gasteiger partial charge in [0.2, 0.25) is 0 Å². The highest BCUT2D eigenvalue weighted by Crippen LogP contribution is 2.14. The quantitative estimate of drug-likeness (QED) is 0.657. The Hall–Kier alpha value is -1.38. The Kier molecular flexibility index (Phi) is 3.43. The molecule has 1 rings (SSSR count). The lowest BCUT2D eigenvalue weighted by molar-refractivity contribution is -0.104. The molecule has 0 aromatic carbocycles. The third-order valence-corrected chi connectivity index (χ3v) is 2.00. The lowest BCUT2D eigenvalue weighted by Crippen LogP contribution is -2.04. The highest BCUT2D eigenvalue weighted by atomic mass is 16.5. The predicted octanol–water partition coefficient (Wildman–Crippen LogP) is 1.85. The molecule has 13 heavy (non-hydrogen) atoms. The minimum atomic E-state index is 0.242. The summed E-state index contributed by atoms with van der Waals surface area (Å²) in [6.45, 7) is 0. The molecular formula is C10H13NO2. The molecule has 0 radical (unpaired) electrons. The van der Waals surface area contributed by atoms with E-state index in [2.05, 4.69) is 0 Å². The fraction of sp³-hybridized carbons (Fsp3) is 0.400. The average molecular weight is 179 g/mol. The number of rotatable bonds is 2. The summed E-state index contributed by atoms with van der Waals surface area (Å²) in [4.78, 5) is 10.6. The van der Waals surface area contributed by atoms with Gasteiger partial charge in [0.05, 0.1) is 18.6 Å². The van der Waals surface area contributed by atoms with E-state index in [1.807, 2.05) is 0 Å². The van der Waals surface area contributed by atoms with E-state index in [9.17, 15) is 4.79 Å². The zero-order valence-electron chi connectivity index (χ0n) is 7.67. The molecule has 0 aromatic heterocycles. The number of allylic oxidation sites excluding steroid dienone is 4. The summed E-state index contributed by atoms with van der Waals surface area (Å²) in [5.41, 5.74) is 0.695. The third-order valence-electron chi connectivity index (χ3n) is 2.00. The Morgan fingerprint density at radius 2 is 2.38 bits per heavy atom. The van der Waals surface area contributed by atoms with Crippen molar-refractivity contribution in [3.05, 3.63) is 23.5 Å². The molecule has 0 atom stereocenters. The second-order valence-corrected chi connectivity index (χ2v) is 2.90. The topological polar surface area (TPSA) is 50.1 Å². The molecule has 0 fully saturated rings. The molecule has 3 heteroatoms. The standard InChI is InChI=1S/C10H13NO2/c1-13-9-5-3-2-4-8(7-12)10(11)6-9/h4,6-7,11H,2-3,5H2,1H3/b8-4-,9-6+,11-10?. The van der Waals surface area contributed by atoms with Crippen LogP contribution >= 0.6 is 0 Å². The molecule has 0 heterocycles. The van der Waals surface area contributed by atoms with Gasteiger partial charge in [-0.15, -0.1) is 0 Å². The molecule has 1 aliphatic carbocycles. The largest absolute Gasteiger partial charge is 0.501 e. The minimum Gasteiger partial charge on any atom is -0.501 e. The van der Waals surface area contributed by atoms with Crippen LogP contribution in [-0.2, 0) is 9.53 Å². The highest BCUT2D eigenvalue weighted by Gasteiger charge is 2.07. The highest BCUT2D eigenvalue weighted by molar-refractivity contribution is 6.18. The number of hydrogen-bond donors (Lipinski definition) is 1. The van der Waals surface area contributed by atoms with Crippen LogP contribution in [0.5, 0.6) is 0 Å². The minimum absolute atomic E-state index is 0.242. The summed E-state index contributed by atoms with van der Waals surface area (Å²) < 4.78 is 5.07. The summed E-state index contributed by atoms with van der Waals surface area (Å²) in [7, 11) is 1.59. The van der Waals surface area contributed by atoms with Gasteiger partial charge in [-0.25, -0.2) is 0 Å². The zero-order valence-corrected chi connectivity index (χ0v) is 7.67. The summed E-state index contributed by atoms with van der Waals surface area (Å²) in [5.74, 6) is 0.775. The Labute approximate surface area is 77.6 Å². The monoisotopic (exact) mass is 179 g/mol. The molecule has 0 aliphatic heterocycles. The number of carbonyl (C=O) groups excluding carboxylic acids is 1. The Morgan fingerprint density at radius 1 is 1.62 bits per heavy atom.